The molecule has 31 heavy (non-hydrogen) atoms. The van der Waals surface area contributed by atoms with Crippen LogP contribution in [0.3, 0.4) is 0 Å². The number of rotatable bonds is 6. The smallest absolute Gasteiger partial charge is 0.329 e. The fourth-order valence-corrected chi connectivity index (χ4v) is 3.89. The van der Waals surface area contributed by atoms with E-state index in [1.54, 1.807) is 16.8 Å². The number of aryl methyl sites for hydroxylation is 1. The van der Waals surface area contributed by atoms with Gasteiger partial charge in [0.2, 0.25) is 0 Å². The van der Waals surface area contributed by atoms with Crippen molar-refractivity contribution in [1.82, 2.24) is 29.8 Å². The number of urea groups is 1. The summed E-state index contributed by atoms with van der Waals surface area (Å²) in [5, 5.41) is 6.12. The van der Waals surface area contributed by atoms with Crippen molar-refractivity contribution in [3.8, 4) is 0 Å². The number of amidine groups is 1. The van der Waals surface area contributed by atoms with Crippen molar-refractivity contribution in [3.05, 3.63) is 59.1 Å². The van der Waals surface area contributed by atoms with Crippen molar-refractivity contribution < 1.29 is 9.18 Å². The number of pyridine rings is 1. The van der Waals surface area contributed by atoms with Gasteiger partial charge in [-0.2, -0.15) is 0 Å². The van der Waals surface area contributed by atoms with Crippen LogP contribution in [0.4, 0.5) is 9.18 Å². The van der Waals surface area contributed by atoms with E-state index in [1.165, 1.54) is 11.0 Å². The van der Waals surface area contributed by atoms with Crippen LogP contribution in [-0.2, 0) is 0 Å². The van der Waals surface area contributed by atoms with Crippen LogP contribution in [0, 0.1) is 12.7 Å². The Morgan fingerprint density at radius 3 is 2.84 bits per heavy atom. The molecule has 2 aromatic heterocycles. The van der Waals surface area contributed by atoms with E-state index >= 15 is 0 Å². The second-order valence-electron chi connectivity index (χ2n) is 8.02. The summed E-state index contributed by atoms with van der Waals surface area (Å²) < 4.78 is 16.2. The van der Waals surface area contributed by atoms with Gasteiger partial charge in [0.05, 0.1) is 11.4 Å². The van der Waals surface area contributed by atoms with E-state index in [2.05, 4.69) is 34.4 Å². The number of imidazole rings is 1. The molecule has 2 unspecified atom stereocenters. The summed E-state index contributed by atoms with van der Waals surface area (Å²) in [6.07, 6.45) is 6.68. The van der Waals surface area contributed by atoms with Gasteiger partial charge in [0.1, 0.15) is 5.84 Å². The van der Waals surface area contributed by atoms with Crippen LogP contribution in [0.1, 0.15) is 38.2 Å². The Labute approximate surface area is 181 Å². The van der Waals surface area contributed by atoms with Gasteiger partial charge >= 0.3 is 6.03 Å². The Balaban J connectivity index is 1.67. The molecule has 0 aromatic carbocycles. The first-order valence-electron chi connectivity index (χ1n) is 10.5. The number of carbonyl (C=O) groups is 1. The molecule has 2 N–H and O–H groups in total. The molecule has 0 saturated heterocycles. The third-order valence-corrected chi connectivity index (χ3v) is 5.63. The normalized spacial score (nSPS) is 19.4. The topological polar surface area (TPSA) is 77.3 Å². The highest BCUT2D eigenvalue weighted by Crippen LogP contribution is 2.27. The minimum absolute atomic E-state index is 0.259. The lowest BCUT2D eigenvalue weighted by Gasteiger charge is -2.36. The lowest BCUT2D eigenvalue weighted by molar-refractivity contribution is 0.221. The van der Waals surface area contributed by atoms with Gasteiger partial charge in [-0.1, -0.05) is 0 Å². The lowest BCUT2D eigenvalue weighted by atomic mass is 10.1. The molecular formula is C22H28FN7O. The first-order valence-corrected chi connectivity index (χ1v) is 10.5. The second kappa shape index (κ2) is 8.14. The highest BCUT2D eigenvalue weighted by atomic mass is 19.1. The molecule has 0 saturated carbocycles. The van der Waals surface area contributed by atoms with Crippen molar-refractivity contribution in [2.75, 3.05) is 20.1 Å². The molecule has 2 aromatic rings. The van der Waals surface area contributed by atoms with Crippen molar-refractivity contribution >= 4 is 17.5 Å². The van der Waals surface area contributed by atoms with Gasteiger partial charge in [-0.3, -0.25) is 4.90 Å². The van der Waals surface area contributed by atoms with E-state index in [4.69, 9.17) is 4.99 Å². The number of hydrogen-bond donors (Lipinski definition) is 2. The van der Waals surface area contributed by atoms with E-state index in [9.17, 15) is 9.18 Å². The fraction of sp³-hybridized carbons (Fsp3) is 0.409. The maximum Gasteiger partial charge on any atom is 0.329 e. The molecule has 8 nitrogen and oxygen atoms in total. The number of aliphatic imine (C=N–C) groups is 1. The van der Waals surface area contributed by atoms with Gasteiger partial charge in [0.15, 0.2) is 17.6 Å². The molecular weight excluding hydrogens is 397 g/mol. The molecule has 4 heterocycles. The van der Waals surface area contributed by atoms with Gasteiger partial charge in [-0.15, -0.1) is 0 Å². The van der Waals surface area contributed by atoms with E-state index in [0.717, 1.165) is 30.1 Å². The standard InChI is InChI=1S/C22H28FN7O/c1-6-28(9-14(3)24-5)17-7-13(2)20-26-19(27-22(31)30(20)12-17)16-8-18(23)21-25-15(4)10-29(21)11-16/h7-8,10-12,14,19,24H,6,9H2,1-5H3,(H,27,31). The van der Waals surface area contributed by atoms with E-state index in [1.807, 2.05) is 33.2 Å². The third kappa shape index (κ3) is 3.93. The molecule has 2 amide bonds. The highest BCUT2D eigenvalue weighted by molar-refractivity contribution is 6.10. The van der Waals surface area contributed by atoms with Crippen molar-refractivity contribution in [2.45, 2.75) is 39.9 Å². The third-order valence-electron chi connectivity index (χ3n) is 5.63. The summed E-state index contributed by atoms with van der Waals surface area (Å²) in [4.78, 5) is 25.6. The molecule has 0 fully saturated rings. The van der Waals surface area contributed by atoms with Gasteiger partial charge in [-0.25, -0.2) is 19.2 Å². The molecule has 164 valence electrons. The zero-order chi connectivity index (χ0) is 22.3. The first-order chi connectivity index (χ1) is 14.8. The quantitative estimate of drug-likeness (QED) is 0.746. The van der Waals surface area contributed by atoms with Gasteiger partial charge < -0.3 is 19.9 Å². The van der Waals surface area contributed by atoms with E-state index < -0.39 is 12.0 Å². The van der Waals surface area contributed by atoms with Crippen LogP contribution >= 0.6 is 0 Å². The summed E-state index contributed by atoms with van der Waals surface area (Å²) in [5.41, 5.74) is 3.37. The molecule has 4 rings (SSSR count). The van der Waals surface area contributed by atoms with Crippen molar-refractivity contribution in [1.29, 1.82) is 0 Å². The maximum atomic E-state index is 14.5. The molecule has 2 atom stereocenters. The summed E-state index contributed by atoms with van der Waals surface area (Å²) in [6, 6.07) is 1.40. The molecule has 0 aliphatic carbocycles. The van der Waals surface area contributed by atoms with Crippen molar-refractivity contribution in [2.24, 2.45) is 4.99 Å². The molecule has 2 aliphatic rings. The number of hydrogen-bond acceptors (Lipinski definition) is 5. The highest BCUT2D eigenvalue weighted by Gasteiger charge is 2.32. The maximum absolute atomic E-state index is 14.5. The fourth-order valence-electron chi connectivity index (χ4n) is 3.89. The van der Waals surface area contributed by atoms with Crippen LogP contribution in [0.25, 0.3) is 5.65 Å². The van der Waals surface area contributed by atoms with Crippen molar-refractivity contribution in [3.63, 3.8) is 0 Å². The predicted octanol–water partition coefficient (Wildman–Crippen LogP) is 2.94. The molecule has 0 spiro atoms. The SMILES string of the molecule is CCN(CC(C)NC)C1=CN2C(=O)NC(c3cc(F)c4nc(C)cn4c3)N=C2C(C)=C1. The summed E-state index contributed by atoms with van der Waals surface area (Å²) in [7, 11) is 1.93. The van der Waals surface area contributed by atoms with Crippen LogP contribution in [0.5, 0.6) is 0 Å². The minimum Gasteiger partial charge on any atom is -0.369 e. The summed E-state index contributed by atoms with van der Waals surface area (Å²) in [5.74, 6) is 0.121. The van der Waals surface area contributed by atoms with Crippen LogP contribution < -0.4 is 10.6 Å². The predicted molar refractivity (Wildman–Crippen MR) is 118 cm³/mol. The van der Waals surface area contributed by atoms with Crippen LogP contribution in [-0.4, -0.2) is 57.2 Å². The zero-order valence-corrected chi connectivity index (χ0v) is 18.5. The van der Waals surface area contributed by atoms with E-state index in [0.29, 0.717) is 17.4 Å². The van der Waals surface area contributed by atoms with E-state index in [-0.39, 0.29) is 11.7 Å². The number of allylic oxidation sites excluding steroid dienone is 1. The van der Waals surface area contributed by atoms with Gasteiger partial charge in [0, 0.05) is 43.3 Å². The number of carbonyl (C=O) groups excluding carboxylic acids is 1. The monoisotopic (exact) mass is 425 g/mol. The Kier molecular flexibility index (Phi) is 5.53. The lowest BCUT2D eigenvalue weighted by Crippen LogP contribution is -2.49. The Morgan fingerprint density at radius 2 is 2.13 bits per heavy atom. The first kappa shape index (κ1) is 21.0. The van der Waals surface area contributed by atoms with Crippen LogP contribution in [0.15, 0.2) is 47.0 Å². The minimum atomic E-state index is -0.676. The van der Waals surface area contributed by atoms with Gasteiger partial charge in [0.25, 0.3) is 0 Å². The Morgan fingerprint density at radius 1 is 1.35 bits per heavy atom. The molecule has 9 heteroatoms. The Hall–Kier alpha value is -3.20. The average molecular weight is 426 g/mol. The number of amides is 2. The number of likely N-dealkylation sites (N-methyl/N-ethyl adjacent to an activating group) is 2. The average Bonchev–Trinajstić information content (AvgIpc) is 3.13. The second-order valence-corrected chi connectivity index (χ2v) is 8.02. The summed E-state index contributed by atoms with van der Waals surface area (Å²) >= 11 is 0. The number of nitrogens with one attached hydrogen (secondary N) is 2. The molecule has 2 aliphatic heterocycles. The van der Waals surface area contributed by atoms with Gasteiger partial charge in [-0.05, 0) is 52.5 Å². The summed E-state index contributed by atoms with van der Waals surface area (Å²) in [6.45, 7) is 9.58. The zero-order valence-electron chi connectivity index (χ0n) is 18.5. The number of aromatic nitrogens is 2. The molecule has 0 bridgehead atoms. The number of nitrogens with zero attached hydrogens (tertiary/aromatic N) is 5. The Bertz CT molecular complexity index is 1120. The number of fused-ring (bicyclic) bond motifs is 2. The van der Waals surface area contributed by atoms with Crippen LogP contribution in [0.2, 0.25) is 0 Å². The number of halogens is 1. The largest absolute Gasteiger partial charge is 0.369 e. The molecule has 0 radical (unpaired) electrons.